The van der Waals surface area contributed by atoms with E-state index in [0.29, 0.717) is 18.2 Å². The first-order chi connectivity index (χ1) is 9.61. The van der Waals surface area contributed by atoms with E-state index >= 15 is 0 Å². The number of nitrogens with one attached hydrogen (secondary N) is 1. The van der Waals surface area contributed by atoms with Crippen molar-refractivity contribution in [2.75, 3.05) is 11.9 Å². The van der Waals surface area contributed by atoms with Gasteiger partial charge in [0.05, 0.1) is 29.7 Å². The Labute approximate surface area is 115 Å². The lowest BCUT2D eigenvalue weighted by Gasteiger charge is -2.10. The number of hydrogen-bond donors (Lipinski definition) is 2. The Balaban J connectivity index is 2.27. The molecule has 0 aliphatic carbocycles. The van der Waals surface area contributed by atoms with E-state index in [2.05, 4.69) is 10.3 Å². The van der Waals surface area contributed by atoms with Gasteiger partial charge in [0.15, 0.2) is 0 Å². The predicted octanol–water partition coefficient (Wildman–Crippen LogP) is 3.06. The van der Waals surface area contributed by atoms with Crippen molar-refractivity contribution in [3.8, 4) is 5.88 Å². The number of para-hydroxylation sites is 1. The topological polar surface area (TPSA) is 71.5 Å². The number of benzene rings is 1. The lowest BCUT2D eigenvalue weighted by Crippen LogP contribution is -2.05. The molecule has 1 aromatic heterocycles. The Bertz CT molecular complexity index is 614. The zero-order valence-corrected chi connectivity index (χ0v) is 10.8. The maximum Gasteiger partial charge on any atom is 0.337 e. The van der Waals surface area contributed by atoms with Crippen molar-refractivity contribution in [1.29, 1.82) is 0 Å². The summed E-state index contributed by atoms with van der Waals surface area (Å²) in [5, 5.41) is 11.8. The van der Waals surface area contributed by atoms with Crippen LogP contribution in [0, 0.1) is 5.82 Å². The van der Waals surface area contributed by atoms with Crippen molar-refractivity contribution in [2.45, 2.75) is 6.92 Å². The minimum absolute atomic E-state index is 0.0917. The first-order valence-electron chi connectivity index (χ1n) is 5.99. The molecule has 0 aliphatic rings. The Morgan fingerprint density at radius 3 is 2.80 bits per heavy atom. The van der Waals surface area contributed by atoms with Gasteiger partial charge in [0.25, 0.3) is 0 Å². The molecule has 0 radical (unpaired) electrons. The van der Waals surface area contributed by atoms with Gasteiger partial charge in [0.1, 0.15) is 5.82 Å². The largest absolute Gasteiger partial charge is 0.478 e. The van der Waals surface area contributed by atoms with E-state index in [1.807, 2.05) is 6.92 Å². The fourth-order valence-corrected chi connectivity index (χ4v) is 1.66. The van der Waals surface area contributed by atoms with E-state index in [1.165, 1.54) is 24.4 Å². The van der Waals surface area contributed by atoms with Crippen LogP contribution in [0.15, 0.2) is 36.5 Å². The number of anilines is 2. The molecule has 0 saturated carbocycles. The second-order valence-corrected chi connectivity index (χ2v) is 3.91. The number of nitrogens with zero attached hydrogens (tertiary/aromatic N) is 1. The summed E-state index contributed by atoms with van der Waals surface area (Å²) in [4.78, 5) is 15.1. The van der Waals surface area contributed by atoms with Gasteiger partial charge < -0.3 is 15.2 Å². The van der Waals surface area contributed by atoms with E-state index in [-0.39, 0.29) is 11.3 Å². The molecule has 1 aromatic carbocycles. The number of carboxylic acid groups (broad SMARTS) is 1. The molecule has 6 heteroatoms. The van der Waals surface area contributed by atoms with Gasteiger partial charge in [0, 0.05) is 6.07 Å². The molecule has 0 atom stereocenters. The van der Waals surface area contributed by atoms with Gasteiger partial charge in [-0.15, -0.1) is 0 Å². The summed E-state index contributed by atoms with van der Waals surface area (Å²) in [7, 11) is 0. The van der Waals surface area contributed by atoms with Crippen LogP contribution in [-0.2, 0) is 0 Å². The van der Waals surface area contributed by atoms with Crippen molar-refractivity contribution < 1.29 is 19.0 Å². The number of aromatic carboxylic acids is 1. The maximum atomic E-state index is 13.7. The van der Waals surface area contributed by atoms with Gasteiger partial charge in [-0.3, -0.25) is 0 Å². The molecule has 0 spiro atoms. The third kappa shape index (κ3) is 3.03. The second-order valence-electron chi connectivity index (χ2n) is 3.91. The molecule has 2 aromatic rings. The van der Waals surface area contributed by atoms with Gasteiger partial charge in [-0.05, 0) is 25.1 Å². The highest BCUT2D eigenvalue weighted by Crippen LogP contribution is 2.24. The van der Waals surface area contributed by atoms with Crippen molar-refractivity contribution in [3.05, 3.63) is 47.9 Å². The number of pyridine rings is 1. The normalized spacial score (nSPS) is 10.1. The number of halogens is 1. The number of carbonyl (C=O) groups is 1. The summed E-state index contributed by atoms with van der Waals surface area (Å²) in [5.41, 5.74) is 0.242. The van der Waals surface area contributed by atoms with Crippen LogP contribution < -0.4 is 10.1 Å². The van der Waals surface area contributed by atoms with Gasteiger partial charge in [-0.1, -0.05) is 6.07 Å². The molecule has 0 saturated heterocycles. The van der Waals surface area contributed by atoms with Crippen molar-refractivity contribution in [3.63, 3.8) is 0 Å². The average molecular weight is 276 g/mol. The molecule has 0 aliphatic heterocycles. The summed E-state index contributed by atoms with van der Waals surface area (Å²) in [6, 6.07) is 7.12. The number of hydrogen-bond acceptors (Lipinski definition) is 4. The van der Waals surface area contributed by atoms with Crippen LogP contribution in [0.4, 0.5) is 15.8 Å². The minimum Gasteiger partial charge on any atom is -0.478 e. The highest BCUT2D eigenvalue weighted by Gasteiger charge is 2.14. The van der Waals surface area contributed by atoms with E-state index in [0.717, 1.165) is 0 Å². The smallest absolute Gasteiger partial charge is 0.337 e. The lowest BCUT2D eigenvalue weighted by atomic mass is 10.1. The third-order valence-corrected chi connectivity index (χ3v) is 2.54. The fraction of sp³-hybridized carbons (Fsp3) is 0.143. The van der Waals surface area contributed by atoms with Crippen LogP contribution in [0.5, 0.6) is 5.88 Å². The van der Waals surface area contributed by atoms with Gasteiger partial charge in [-0.25, -0.2) is 14.2 Å². The Morgan fingerprint density at radius 1 is 1.40 bits per heavy atom. The van der Waals surface area contributed by atoms with Crippen molar-refractivity contribution in [2.24, 2.45) is 0 Å². The quantitative estimate of drug-likeness (QED) is 0.878. The highest BCUT2D eigenvalue weighted by atomic mass is 19.1. The van der Waals surface area contributed by atoms with Gasteiger partial charge >= 0.3 is 5.97 Å². The summed E-state index contributed by atoms with van der Waals surface area (Å²) in [5.74, 6) is -1.39. The summed E-state index contributed by atoms with van der Waals surface area (Å²) in [6.45, 7) is 2.34. The van der Waals surface area contributed by atoms with Crippen LogP contribution in [0.25, 0.3) is 0 Å². The molecule has 20 heavy (non-hydrogen) atoms. The van der Waals surface area contributed by atoms with Crippen molar-refractivity contribution >= 4 is 17.3 Å². The van der Waals surface area contributed by atoms with Gasteiger partial charge in [-0.2, -0.15) is 0 Å². The van der Waals surface area contributed by atoms with Crippen LogP contribution >= 0.6 is 0 Å². The number of carboxylic acids is 1. The number of rotatable bonds is 5. The molecule has 2 N–H and O–H groups in total. The summed E-state index contributed by atoms with van der Waals surface area (Å²) < 4.78 is 18.9. The Kier molecular flexibility index (Phi) is 4.14. The molecule has 0 fully saturated rings. The van der Waals surface area contributed by atoms with E-state index in [4.69, 9.17) is 9.84 Å². The second kappa shape index (κ2) is 6.01. The van der Waals surface area contributed by atoms with Crippen molar-refractivity contribution in [1.82, 2.24) is 4.98 Å². The van der Waals surface area contributed by atoms with Crippen LogP contribution in [0.2, 0.25) is 0 Å². The lowest BCUT2D eigenvalue weighted by molar-refractivity contribution is 0.0697. The Morgan fingerprint density at radius 2 is 2.20 bits per heavy atom. The molecule has 0 bridgehead atoms. The first-order valence-corrected chi connectivity index (χ1v) is 5.99. The van der Waals surface area contributed by atoms with E-state index in [1.54, 1.807) is 12.1 Å². The number of aromatic nitrogens is 1. The zero-order valence-electron chi connectivity index (χ0n) is 10.8. The minimum atomic E-state index is -1.20. The van der Waals surface area contributed by atoms with Crippen LogP contribution in [0.1, 0.15) is 17.3 Å². The molecule has 2 rings (SSSR count). The average Bonchev–Trinajstić information content (AvgIpc) is 2.43. The van der Waals surface area contributed by atoms with Gasteiger partial charge in [0.2, 0.25) is 5.88 Å². The standard InChI is InChI=1S/C14H13FN2O3/c1-2-20-12-7-6-9(8-16-12)17-13-10(14(18)19)4-3-5-11(13)15/h3-8,17H,2H2,1H3,(H,18,19). The molecule has 104 valence electrons. The monoisotopic (exact) mass is 276 g/mol. The highest BCUT2D eigenvalue weighted by molar-refractivity contribution is 5.95. The number of ether oxygens (including phenoxy) is 1. The molecule has 1 heterocycles. The first kappa shape index (κ1) is 13.8. The molecule has 0 amide bonds. The molecular formula is C14H13FN2O3. The van der Waals surface area contributed by atoms with Crippen LogP contribution in [0.3, 0.4) is 0 Å². The van der Waals surface area contributed by atoms with Crippen LogP contribution in [-0.4, -0.2) is 22.7 Å². The van der Waals surface area contributed by atoms with E-state index < -0.39 is 11.8 Å². The molecular weight excluding hydrogens is 263 g/mol. The summed E-state index contributed by atoms with van der Waals surface area (Å²) >= 11 is 0. The SMILES string of the molecule is CCOc1ccc(Nc2c(F)cccc2C(=O)O)cn1. The molecule has 5 nitrogen and oxygen atoms in total. The molecule has 0 unspecified atom stereocenters. The fourth-order valence-electron chi connectivity index (χ4n) is 1.66. The zero-order chi connectivity index (χ0) is 14.5. The predicted molar refractivity (Wildman–Crippen MR) is 72.0 cm³/mol. The summed E-state index contributed by atoms with van der Waals surface area (Å²) in [6.07, 6.45) is 1.45. The maximum absolute atomic E-state index is 13.7. The van der Waals surface area contributed by atoms with E-state index in [9.17, 15) is 9.18 Å². The Hall–Kier alpha value is -2.63. The third-order valence-electron chi connectivity index (χ3n) is 2.54.